The van der Waals surface area contributed by atoms with Gasteiger partial charge < -0.3 is 9.73 Å². The summed E-state index contributed by atoms with van der Waals surface area (Å²) in [6.07, 6.45) is 2.42. The van der Waals surface area contributed by atoms with E-state index in [0.29, 0.717) is 35.2 Å². The van der Waals surface area contributed by atoms with E-state index in [9.17, 15) is 4.79 Å². The number of oxazole rings is 1. The van der Waals surface area contributed by atoms with Crippen molar-refractivity contribution in [3.63, 3.8) is 0 Å². The highest BCUT2D eigenvalue weighted by Crippen LogP contribution is 2.20. The van der Waals surface area contributed by atoms with E-state index in [2.05, 4.69) is 10.3 Å². The summed E-state index contributed by atoms with van der Waals surface area (Å²) < 4.78 is 5.68. The van der Waals surface area contributed by atoms with Crippen molar-refractivity contribution >= 4 is 23.2 Å². The van der Waals surface area contributed by atoms with Crippen molar-refractivity contribution in [1.82, 2.24) is 4.98 Å². The second-order valence-electron chi connectivity index (χ2n) is 5.04. The summed E-state index contributed by atoms with van der Waals surface area (Å²) in [6, 6.07) is 16.8. The molecule has 0 atom stereocenters. The Morgan fingerprint density at radius 1 is 1.13 bits per heavy atom. The maximum Gasteiger partial charge on any atom is 0.224 e. The Morgan fingerprint density at radius 3 is 2.74 bits per heavy atom. The topological polar surface area (TPSA) is 55.1 Å². The van der Waals surface area contributed by atoms with E-state index >= 15 is 0 Å². The predicted molar refractivity (Wildman–Crippen MR) is 90.3 cm³/mol. The van der Waals surface area contributed by atoms with E-state index in [-0.39, 0.29) is 5.91 Å². The van der Waals surface area contributed by atoms with Crippen molar-refractivity contribution in [2.24, 2.45) is 0 Å². The van der Waals surface area contributed by atoms with Crippen molar-refractivity contribution in [3.05, 3.63) is 71.7 Å². The zero-order valence-electron chi connectivity index (χ0n) is 12.3. The molecule has 3 rings (SSSR count). The number of anilines is 1. The van der Waals surface area contributed by atoms with Crippen LogP contribution in [0.3, 0.4) is 0 Å². The number of nitrogens with one attached hydrogen (secondary N) is 1. The summed E-state index contributed by atoms with van der Waals surface area (Å²) in [5, 5.41) is 3.38. The lowest BCUT2D eigenvalue weighted by atomic mass is 10.2. The molecule has 0 aliphatic rings. The lowest BCUT2D eigenvalue weighted by Crippen LogP contribution is -2.12. The number of rotatable bonds is 5. The molecule has 0 aliphatic carbocycles. The molecule has 3 aromatic rings. The van der Waals surface area contributed by atoms with Crippen molar-refractivity contribution in [2.75, 3.05) is 5.32 Å². The number of amides is 1. The summed E-state index contributed by atoms with van der Waals surface area (Å²) in [5.41, 5.74) is 1.65. The van der Waals surface area contributed by atoms with Crippen LogP contribution in [0.25, 0.3) is 11.3 Å². The molecule has 0 saturated heterocycles. The first kappa shape index (κ1) is 15.3. The Balaban J connectivity index is 1.56. The lowest BCUT2D eigenvalue weighted by molar-refractivity contribution is -0.116. The Hall–Kier alpha value is -2.59. The van der Waals surface area contributed by atoms with Gasteiger partial charge in [-0.25, -0.2) is 4.98 Å². The second kappa shape index (κ2) is 7.11. The maximum absolute atomic E-state index is 12.0. The molecule has 2 aromatic carbocycles. The van der Waals surface area contributed by atoms with Crippen LogP contribution in [0.15, 0.2) is 65.2 Å². The third-order valence-corrected chi connectivity index (χ3v) is 3.52. The average molecular weight is 327 g/mol. The number of hydrogen-bond acceptors (Lipinski definition) is 3. The normalized spacial score (nSPS) is 10.5. The minimum absolute atomic E-state index is 0.105. The molecule has 0 unspecified atom stereocenters. The molecule has 1 heterocycles. The van der Waals surface area contributed by atoms with Crippen LogP contribution in [0.4, 0.5) is 5.69 Å². The molecule has 4 nitrogen and oxygen atoms in total. The van der Waals surface area contributed by atoms with Gasteiger partial charge in [0, 0.05) is 29.1 Å². The van der Waals surface area contributed by atoms with Gasteiger partial charge in [0.25, 0.3) is 0 Å². The highest BCUT2D eigenvalue weighted by molar-refractivity contribution is 6.30. The molecule has 0 saturated carbocycles. The predicted octanol–water partition coefficient (Wildman–Crippen LogP) is 4.57. The van der Waals surface area contributed by atoms with Crippen molar-refractivity contribution in [1.29, 1.82) is 0 Å². The standard InChI is InChI=1S/C18H15ClN2O2/c19-14-7-4-8-15(11-14)21-17(22)9-10-18-20-12-16(23-18)13-5-2-1-3-6-13/h1-8,11-12H,9-10H2,(H,21,22). The van der Waals surface area contributed by atoms with E-state index in [1.165, 1.54) is 0 Å². The first-order valence-electron chi connectivity index (χ1n) is 7.26. The third-order valence-electron chi connectivity index (χ3n) is 3.29. The van der Waals surface area contributed by atoms with Gasteiger partial charge in [0.05, 0.1) is 6.20 Å². The highest BCUT2D eigenvalue weighted by atomic mass is 35.5. The van der Waals surface area contributed by atoms with E-state index < -0.39 is 0 Å². The van der Waals surface area contributed by atoms with Crippen LogP contribution in [0.2, 0.25) is 5.02 Å². The summed E-state index contributed by atoms with van der Waals surface area (Å²) in [4.78, 5) is 16.2. The van der Waals surface area contributed by atoms with Crippen LogP contribution < -0.4 is 5.32 Å². The fourth-order valence-electron chi connectivity index (χ4n) is 2.17. The smallest absolute Gasteiger partial charge is 0.224 e. The number of nitrogens with zero attached hydrogens (tertiary/aromatic N) is 1. The Kier molecular flexibility index (Phi) is 4.74. The fourth-order valence-corrected chi connectivity index (χ4v) is 2.36. The summed E-state index contributed by atoms with van der Waals surface area (Å²) in [6.45, 7) is 0. The van der Waals surface area contributed by atoms with E-state index in [4.69, 9.17) is 16.0 Å². The van der Waals surface area contributed by atoms with Crippen LogP contribution in [-0.4, -0.2) is 10.9 Å². The molecule has 0 spiro atoms. The van der Waals surface area contributed by atoms with E-state index in [0.717, 1.165) is 5.56 Å². The third kappa shape index (κ3) is 4.20. The van der Waals surface area contributed by atoms with E-state index in [1.54, 1.807) is 30.5 Å². The van der Waals surface area contributed by atoms with Crippen LogP contribution >= 0.6 is 11.6 Å². The summed E-state index contributed by atoms with van der Waals surface area (Å²) in [5.74, 6) is 1.15. The van der Waals surface area contributed by atoms with Gasteiger partial charge in [-0.05, 0) is 18.2 Å². The highest BCUT2D eigenvalue weighted by Gasteiger charge is 2.09. The molecular weight excluding hydrogens is 312 g/mol. The van der Waals surface area contributed by atoms with E-state index in [1.807, 2.05) is 30.3 Å². The second-order valence-corrected chi connectivity index (χ2v) is 5.48. The molecule has 0 radical (unpaired) electrons. The first-order valence-corrected chi connectivity index (χ1v) is 7.64. The van der Waals surface area contributed by atoms with Gasteiger partial charge in [0.15, 0.2) is 11.7 Å². The molecule has 23 heavy (non-hydrogen) atoms. The maximum atomic E-state index is 12.0. The van der Waals surface area contributed by atoms with Gasteiger partial charge in [-0.2, -0.15) is 0 Å². The number of hydrogen-bond donors (Lipinski definition) is 1. The van der Waals surface area contributed by atoms with Crippen LogP contribution in [0.5, 0.6) is 0 Å². The zero-order valence-corrected chi connectivity index (χ0v) is 13.1. The number of aryl methyl sites for hydroxylation is 1. The van der Waals surface area contributed by atoms with Crippen LogP contribution in [-0.2, 0) is 11.2 Å². The molecule has 0 bridgehead atoms. The van der Waals surface area contributed by atoms with Gasteiger partial charge >= 0.3 is 0 Å². The molecular formula is C18H15ClN2O2. The molecule has 116 valence electrons. The SMILES string of the molecule is O=C(CCc1ncc(-c2ccccc2)o1)Nc1cccc(Cl)c1. The Labute approximate surface area is 139 Å². The number of benzene rings is 2. The number of carbonyl (C=O) groups is 1. The lowest BCUT2D eigenvalue weighted by Gasteiger charge is -2.04. The number of halogens is 1. The summed E-state index contributed by atoms with van der Waals surface area (Å²) in [7, 11) is 0. The molecule has 0 fully saturated rings. The largest absolute Gasteiger partial charge is 0.441 e. The Bertz CT molecular complexity index is 800. The average Bonchev–Trinajstić information content (AvgIpc) is 3.03. The molecule has 5 heteroatoms. The fraction of sp³-hybridized carbons (Fsp3) is 0.111. The number of carbonyl (C=O) groups excluding carboxylic acids is 1. The van der Waals surface area contributed by atoms with Crippen molar-refractivity contribution in [3.8, 4) is 11.3 Å². The molecule has 1 aromatic heterocycles. The Morgan fingerprint density at radius 2 is 1.96 bits per heavy atom. The van der Waals surface area contributed by atoms with Crippen molar-refractivity contribution in [2.45, 2.75) is 12.8 Å². The van der Waals surface area contributed by atoms with Gasteiger partial charge in [0.1, 0.15) is 0 Å². The van der Waals surface area contributed by atoms with Gasteiger partial charge in [-0.15, -0.1) is 0 Å². The molecule has 1 amide bonds. The quantitative estimate of drug-likeness (QED) is 0.747. The minimum Gasteiger partial charge on any atom is -0.441 e. The van der Waals surface area contributed by atoms with Gasteiger partial charge in [-0.3, -0.25) is 4.79 Å². The van der Waals surface area contributed by atoms with Gasteiger partial charge in [0.2, 0.25) is 5.91 Å². The first-order chi connectivity index (χ1) is 11.2. The monoisotopic (exact) mass is 326 g/mol. The van der Waals surface area contributed by atoms with Crippen LogP contribution in [0.1, 0.15) is 12.3 Å². The molecule has 1 N–H and O–H groups in total. The van der Waals surface area contributed by atoms with Gasteiger partial charge in [-0.1, -0.05) is 48.0 Å². The summed E-state index contributed by atoms with van der Waals surface area (Å²) >= 11 is 5.89. The minimum atomic E-state index is -0.105. The zero-order chi connectivity index (χ0) is 16.1. The number of aromatic nitrogens is 1. The molecule has 0 aliphatic heterocycles. The van der Waals surface area contributed by atoms with Crippen molar-refractivity contribution < 1.29 is 9.21 Å². The van der Waals surface area contributed by atoms with Crippen LogP contribution in [0, 0.1) is 0 Å².